The molecule has 13 N–H and O–H groups in total. The van der Waals surface area contributed by atoms with Crippen LogP contribution in [0.25, 0.3) is 0 Å². The number of hydrogen-bond acceptors (Lipinski definition) is 22. The molecule has 9 aliphatic rings. The normalized spacial score (nSPS) is 53.8. The topological polar surface area (TPSA) is 371 Å². The molecular formula is C52H82O23. The number of hydrogen-bond donors (Lipinski definition) is 13. The summed E-state index contributed by atoms with van der Waals surface area (Å²) in [5.41, 5.74) is -3.02. The lowest BCUT2D eigenvalue weighted by atomic mass is 9.33. The molecule has 0 spiro atoms. The van der Waals surface area contributed by atoms with Crippen molar-refractivity contribution in [1.82, 2.24) is 0 Å². The number of carboxylic acid groups (broad SMARTS) is 1. The summed E-state index contributed by atoms with van der Waals surface area (Å²) in [4.78, 5) is 29.1. The van der Waals surface area contributed by atoms with Gasteiger partial charge in [-0.25, -0.2) is 0 Å². The van der Waals surface area contributed by atoms with E-state index in [2.05, 4.69) is 40.7 Å². The lowest BCUT2D eigenvalue weighted by molar-refractivity contribution is -0.359. The van der Waals surface area contributed by atoms with Crippen molar-refractivity contribution in [2.75, 3.05) is 26.4 Å². The molecule has 0 aromatic rings. The highest BCUT2D eigenvalue weighted by Crippen LogP contribution is 2.76. The van der Waals surface area contributed by atoms with Crippen molar-refractivity contribution in [3.63, 3.8) is 0 Å². The molecular weight excluding hydrogens is 993 g/mol. The van der Waals surface area contributed by atoms with Crippen LogP contribution in [0.1, 0.15) is 106 Å². The summed E-state index contributed by atoms with van der Waals surface area (Å²) in [7, 11) is 0. The standard InChI is InChI=1S/C52H82O23/c1-47(2)13-15-52(46(67)75-44-40(74-43-38(63)32(57)25(55)20-69-43)36(61)34(59)27(72-44)21-70-41-39(64)35(60)33(58)26(18-53)71-41)16-14-49(4)22(23(52)17-47)7-8-28-48(3)11-10-30(73-42-37(62)31(56)24(54)19-68-42)51(6,45(65)66)29(48)9-12-50(28,49)5/h7,23-44,53-64H,8-21H2,1-6H3,(H,65,66). The van der Waals surface area contributed by atoms with Crippen molar-refractivity contribution in [1.29, 1.82) is 0 Å². The van der Waals surface area contributed by atoms with E-state index in [4.69, 9.17) is 37.9 Å². The van der Waals surface area contributed by atoms with E-state index < -0.39 is 170 Å². The van der Waals surface area contributed by atoms with E-state index in [1.54, 1.807) is 6.92 Å². The Morgan fingerprint density at radius 1 is 0.627 bits per heavy atom. The summed E-state index contributed by atoms with van der Waals surface area (Å²) >= 11 is 0. The van der Waals surface area contributed by atoms with Crippen molar-refractivity contribution in [3.8, 4) is 0 Å². The average Bonchev–Trinajstić information content (AvgIpc) is 3.36. The third kappa shape index (κ3) is 9.35. The average molecular weight is 1080 g/mol. The number of carboxylic acids is 1. The van der Waals surface area contributed by atoms with Crippen molar-refractivity contribution in [2.45, 2.75) is 222 Å². The van der Waals surface area contributed by atoms with E-state index >= 15 is 4.79 Å². The number of aliphatic hydroxyl groups is 12. The Hall–Kier alpha value is -2.08. The van der Waals surface area contributed by atoms with Crippen LogP contribution < -0.4 is 0 Å². The number of aliphatic hydroxyl groups excluding tert-OH is 12. The van der Waals surface area contributed by atoms with Gasteiger partial charge in [0.15, 0.2) is 25.0 Å². The molecule has 8 fully saturated rings. The van der Waals surface area contributed by atoms with Crippen LogP contribution in [0.2, 0.25) is 0 Å². The van der Waals surface area contributed by atoms with Crippen molar-refractivity contribution >= 4 is 11.9 Å². The second-order valence-corrected chi connectivity index (χ2v) is 25.2. The summed E-state index contributed by atoms with van der Waals surface area (Å²) in [5.74, 6) is -2.43. The number of allylic oxidation sites excluding steroid dienone is 2. The van der Waals surface area contributed by atoms with Gasteiger partial charge in [0.25, 0.3) is 0 Å². The first kappa shape index (κ1) is 57.6. The molecule has 23 nitrogen and oxygen atoms in total. The maximum absolute atomic E-state index is 15.5. The van der Waals surface area contributed by atoms with E-state index in [9.17, 15) is 71.2 Å². The summed E-state index contributed by atoms with van der Waals surface area (Å²) in [6.07, 6.45) is -23.0. The molecule has 9 rings (SSSR count). The predicted molar refractivity (Wildman–Crippen MR) is 253 cm³/mol. The maximum Gasteiger partial charge on any atom is 0.315 e. The zero-order valence-electron chi connectivity index (χ0n) is 43.6. The summed E-state index contributed by atoms with van der Waals surface area (Å²) in [6, 6.07) is 0. The van der Waals surface area contributed by atoms with Gasteiger partial charge in [-0.1, -0.05) is 46.3 Å². The fraction of sp³-hybridized carbons (Fsp3) is 0.923. The van der Waals surface area contributed by atoms with Crippen LogP contribution in [0.4, 0.5) is 0 Å². The molecule has 5 aliphatic carbocycles. The molecule has 0 radical (unpaired) electrons. The quantitative estimate of drug-likeness (QED) is 0.0623. The monoisotopic (exact) mass is 1070 g/mol. The molecule has 23 heteroatoms. The van der Waals surface area contributed by atoms with Crippen LogP contribution in [0.5, 0.6) is 0 Å². The molecule has 428 valence electrons. The molecule has 0 amide bonds. The van der Waals surface area contributed by atoms with Gasteiger partial charge in [-0.3, -0.25) is 9.59 Å². The number of rotatable bonds is 11. The smallest absolute Gasteiger partial charge is 0.315 e. The summed E-state index contributed by atoms with van der Waals surface area (Å²) < 4.78 is 47.2. The molecule has 4 heterocycles. The summed E-state index contributed by atoms with van der Waals surface area (Å²) in [5, 5.41) is 138. The van der Waals surface area contributed by atoms with E-state index in [-0.39, 0.29) is 35.2 Å². The molecule has 27 unspecified atom stereocenters. The molecule has 0 aromatic heterocycles. The highest BCUT2D eigenvalue weighted by atomic mass is 16.8. The molecule has 0 bridgehead atoms. The zero-order valence-corrected chi connectivity index (χ0v) is 43.6. The van der Waals surface area contributed by atoms with Gasteiger partial charge in [-0.15, -0.1) is 0 Å². The number of aliphatic carboxylic acids is 1. The van der Waals surface area contributed by atoms with Gasteiger partial charge in [0.1, 0.15) is 79.4 Å². The first-order valence-corrected chi connectivity index (χ1v) is 26.8. The minimum atomic E-state index is -1.94. The van der Waals surface area contributed by atoms with Gasteiger partial charge in [0, 0.05) is 0 Å². The minimum Gasteiger partial charge on any atom is -0.481 e. The van der Waals surface area contributed by atoms with Gasteiger partial charge >= 0.3 is 11.9 Å². The third-order valence-corrected chi connectivity index (χ3v) is 20.7. The van der Waals surface area contributed by atoms with Crippen LogP contribution in [0.15, 0.2) is 11.6 Å². The predicted octanol–water partition coefficient (Wildman–Crippen LogP) is -1.69. The SMILES string of the molecule is CC1(C)CCC2(C(=O)OC3OC(COC4OC(CO)C(O)C(O)C4O)C(O)C(O)C3OC3OCC(O)C(O)C3O)CCC3(C)C(=CCC4C5(C)CCC(OC6OCC(O)C(O)C6O)C(C)(C(=O)O)C5CCC43C)C2C1. The molecule has 4 aliphatic heterocycles. The Bertz CT molecular complexity index is 2110. The summed E-state index contributed by atoms with van der Waals surface area (Å²) in [6.45, 7) is 10.6. The molecule has 4 saturated heterocycles. The largest absolute Gasteiger partial charge is 0.481 e. The van der Waals surface area contributed by atoms with Crippen LogP contribution in [-0.2, 0) is 47.5 Å². The zero-order chi connectivity index (χ0) is 54.7. The van der Waals surface area contributed by atoms with E-state index in [1.165, 1.54) is 0 Å². The third-order valence-electron chi connectivity index (χ3n) is 20.7. The van der Waals surface area contributed by atoms with Gasteiger partial charge in [-0.2, -0.15) is 0 Å². The number of carbonyl (C=O) groups is 2. The highest BCUT2D eigenvalue weighted by Gasteiger charge is 2.72. The van der Waals surface area contributed by atoms with Gasteiger partial charge < -0.3 is 104 Å². The van der Waals surface area contributed by atoms with Crippen LogP contribution in [-0.4, -0.2) is 221 Å². The lowest BCUT2D eigenvalue weighted by Gasteiger charge is -2.71. The van der Waals surface area contributed by atoms with Crippen molar-refractivity contribution < 1.29 is 114 Å². The fourth-order valence-corrected chi connectivity index (χ4v) is 15.8. The maximum atomic E-state index is 15.5. The van der Waals surface area contributed by atoms with Gasteiger partial charge in [-0.05, 0) is 111 Å². The van der Waals surface area contributed by atoms with Crippen LogP contribution >= 0.6 is 0 Å². The van der Waals surface area contributed by atoms with Crippen LogP contribution in [0, 0.1) is 50.2 Å². The Morgan fingerprint density at radius 3 is 1.84 bits per heavy atom. The first-order valence-electron chi connectivity index (χ1n) is 26.8. The van der Waals surface area contributed by atoms with Crippen molar-refractivity contribution in [2.24, 2.45) is 50.2 Å². The van der Waals surface area contributed by atoms with Crippen LogP contribution in [0.3, 0.4) is 0 Å². The molecule has 0 aromatic carbocycles. The second-order valence-electron chi connectivity index (χ2n) is 25.2. The Labute approximate surface area is 435 Å². The van der Waals surface area contributed by atoms with Gasteiger partial charge in [0.05, 0.1) is 43.4 Å². The second kappa shape index (κ2) is 20.8. The van der Waals surface area contributed by atoms with Gasteiger partial charge in [0.2, 0.25) is 6.29 Å². The number of fused-ring (bicyclic) bond motifs is 7. The first-order chi connectivity index (χ1) is 35.1. The Kier molecular flexibility index (Phi) is 16.0. The minimum absolute atomic E-state index is 0.00208. The Morgan fingerprint density at radius 2 is 1.21 bits per heavy atom. The van der Waals surface area contributed by atoms with E-state index in [1.807, 2.05) is 0 Å². The Balaban J connectivity index is 0.997. The molecule has 4 saturated carbocycles. The fourth-order valence-electron chi connectivity index (χ4n) is 15.8. The molecule has 75 heavy (non-hydrogen) atoms. The lowest BCUT2D eigenvalue weighted by Crippen LogP contribution is -2.67. The molecule has 27 atom stereocenters. The van der Waals surface area contributed by atoms with E-state index in [0.717, 1.165) is 5.57 Å². The number of esters is 1. The highest BCUT2D eigenvalue weighted by molar-refractivity contribution is 5.79. The van der Waals surface area contributed by atoms with Crippen molar-refractivity contribution in [3.05, 3.63) is 11.6 Å². The number of carbonyl (C=O) groups excluding carboxylic acids is 1. The number of ether oxygens (including phenoxy) is 8. The van der Waals surface area contributed by atoms with E-state index in [0.29, 0.717) is 64.2 Å².